The third kappa shape index (κ3) is 5.00. The van der Waals surface area contributed by atoms with Crippen molar-refractivity contribution >= 4 is 29.4 Å². The lowest BCUT2D eigenvalue weighted by Gasteiger charge is -2.37. The number of nitrogens with zero attached hydrogens (tertiary/aromatic N) is 1. The number of halogens is 2. The monoisotopic (exact) mass is 542 g/mol. The van der Waals surface area contributed by atoms with Crippen molar-refractivity contribution < 1.29 is 33.1 Å². The van der Waals surface area contributed by atoms with E-state index >= 15 is 4.39 Å². The number of hydrogen-bond acceptors (Lipinski definition) is 6. The predicted molar refractivity (Wildman–Crippen MR) is 138 cm³/mol. The van der Waals surface area contributed by atoms with E-state index in [0.717, 1.165) is 11.1 Å². The van der Waals surface area contributed by atoms with E-state index in [2.05, 4.69) is 10.5 Å². The first-order valence-electron chi connectivity index (χ1n) is 12.4. The molecule has 2 aromatic carbocycles. The van der Waals surface area contributed by atoms with Crippen LogP contribution in [0.15, 0.2) is 47.0 Å². The van der Waals surface area contributed by atoms with Gasteiger partial charge in [-0.3, -0.25) is 10.1 Å². The van der Waals surface area contributed by atoms with Crippen LogP contribution >= 0.6 is 11.6 Å². The van der Waals surface area contributed by atoms with E-state index in [0.29, 0.717) is 30.2 Å². The van der Waals surface area contributed by atoms with Crippen LogP contribution in [0.25, 0.3) is 11.3 Å². The second-order valence-corrected chi connectivity index (χ2v) is 10.9. The number of carboxylic acid groups (broad SMARTS) is 1. The largest absolute Gasteiger partial charge is 0.481 e. The predicted octanol–water partition coefficient (Wildman–Crippen LogP) is 6.66. The number of ether oxygens (including phenoxy) is 2. The number of amides is 1. The minimum Gasteiger partial charge on any atom is -0.481 e. The van der Waals surface area contributed by atoms with Crippen LogP contribution < -0.4 is 5.32 Å². The summed E-state index contributed by atoms with van der Waals surface area (Å²) in [4.78, 5) is 23.8. The van der Waals surface area contributed by atoms with Crippen molar-refractivity contribution in [3.63, 3.8) is 0 Å². The Bertz CT molecular complexity index is 1390. The van der Waals surface area contributed by atoms with Gasteiger partial charge in [0.1, 0.15) is 23.3 Å². The van der Waals surface area contributed by atoms with E-state index in [9.17, 15) is 14.7 Å². The normalized spacial score (nSPS) is 24.8. The molecule has 0 radical (unpaired) electrons. The van der Waals surface area contributed by atoms with Gasteiger partial charge in [-0.25, -0.2) is 9.18 Å². The summed E-state index contributed by atoms with van der Waals surface area (Å²) in [6, 6.07) is 11.8. The molecule has 1 aliphatic heterocycles. The van der Waals surface area contributed by atoms with Crippen LogP contribution in [0.4, 0.5) is 14.9 Å². The zero-order chi connectivity index (χ0) is 27.2. The van der Waals surface area contributed by atoms with Gasteiger partial charge in [0, 0.05) is 10.4 Å². The number of hydrogen-bond donors (Lipinski definition) is 2. The number of aromatic nitrogens is 1. The van der Waals surface area contributed by atoms with Crippen molar-refractivity contribution in [2.75, 3.05) is 11.9 Å². The minimum absolute atomic E-state index is 0.0113. The van der Waals surface area contributed by atoms with Gasteiger partial charge in [-0.15, -0.1) is 0 Å². The van der Waals surface area contributed by atoms with E-state index in [1.807, 2.05) is 6.92 Å². The summed E-state index contributed by atoms with van der Waals surface area (Å²) in [5.74, 6) is -1.20. The molecular formula is C28H28ClFN2O6. The average molecular weight is 543 g/mol. The number of aliphatic carboxylic acids is 1. The highest BCUT2D eigenvalue weighted by Crippen LogP contribution is 2.59. The molecule has 2 aliphatic rings. The highest BCUT2D eigenvalue weighted by Gasteiger charge is 2.62. The number of carbonyl (C=O) groups is 2. The lowest BCUT2D eigenvalue weighted by Crippen LogP contribution is -2.39. The summed E-state index contributed by atoms with van der Waals surface area (Å²) in [6.45, 7) is 5.66. The Kier molecular flexibility index (Phi) is 6.69. The van der Waals surface area contributed by atoms with E-state index in [4.69, 9.17) is 25.6 Å². The van der Waals surface area contributed by atoms with Gasteiger partial charge < -0.3 is 19.1 Å². The van der Waals surface area contributed by atoms with Gasteiger partial charge >= 0.3 is 12.1 Å². The highest BCUT2D eigenvalue weighted by atomic mass is 35.5. The maximum absolute atomic E-state index is 15.4. The quantitative estimate of drug-likeness (QED) is 0.343. The fourth-order valence-corrected chi connectivity index (χ4v) is 5.42. The molecule has 1 saturated carbocycles. The second-order valence-electron chi connectivity index (χ2n) is 10.5. The van der Waals surface area contributed by atoms with Crippen LogP contribution in [0.3, 0.4) is 0 Å². The van der Waals surface area contributed by atoms with Crippen molar-refractivity contribution in [2.24, 2.45) is 5.92 Å². The standard InChI is InChI=1S/C28H28ClFN2O6/c1-15-24(31-26(35)37-16(2)17-4-7-20(29)8-5-17)25(38-32-15)21-9-6-18(10-22(21)30)27(3)11-19-12-28(19,36-14-27)13-23(33)34/h4-10,16,19H,11-14H2,1-3H3,(H,31,35)(H,33,34). The molecule has 1 saturated heterocycles. The maximum atomic E-state index is 15.4. The summed E-state index contributed by atoms with van der Waals surface area (Å²) in [7, 11) is 0. The molecule has 8 nitrogen and oxygen atoms in total. The molecule has 200 valence electrons. The number of nitrogens with one attached hydrogen (secondary N) is 1. The summed E-state index contributed by atoms with van der Waals surface area (Å²) >= 11 is 5.92. The first kappa shape index (κ1) is 26.2. The zero-order valence-corrected chi connectivity index (χ0v) is 22.0. The fraction of sp³-hybridized carbons (Fsp3) is 0.393. The number of carboxylic acids is 1. The van der Waals surface area contributed by atoms with E-state index in [-0.39, 0.29) is 29.3 Å². The number of carbonyl (C=O) groups excluding carboxylic acids is 1. The Morgan fingerprint density at radius 2 is 2.00 bits per heavy atom. The maximum Gasteiger partial charge on any atom is 0.412 e. The minimum atomic E-state index is -0.874. The third-order valence-electron chi connectivity index (χ3n) is 7.63. The Morgan fingerprint density at radius 3 is 2.66 bits per heavy atom. The highest BCUT2D eigenvalue weighted by molar-refractivity contribution is 6.30. The summed E-state index contributed by atoms with van der Waals surface area (Å²) < 4.78 is 32.3. The number of benzene rings is 2. The molecule has 2 N–H and O–H groups in total. The first-order valence-corrected chi connectivity index (χ1v) is 12.7. The van der Waals surface area contributed by atoms with Crippen molar-refractivity contribution in [1.82, 2.24) is 5.16 Å². The van der Waals surface area contributed by atoms with Gasteiger partial charge in [0.05, 0.1) is 24.2 Å². The lowest BCUT2D eigenvalue weighted by molar-refractivity contribution is -0.143. The van der Waals surface area contributed by atoms with Crippen molar-refractivity contribution in [1.29, 1.82) is 0 Å². The van der Waals surface area contributed by atoms with Crippen LogP contribution in [0.5, 0.6) is 0 Å². The van der Waals surface area contributed by atoms with Crippen molar-refractivity contribution in [3.05, 3.63) is 70.1 Å². The number of rotatable bonds is 7. The van der Waals surface area contributed by atoms with Crippen LogP contribution in [0, 0.1) is 18.7 Å². The summed E-state index contributed by atoms with van der Waals surface area (Å²) in [6.07, 6.45) is 0.117. The number of aryl methyl sites for hydroxylation is 1. The van der Waals surface area contributed by atoms with Gasteiger partial charge in [0.15, 0.2) is 5.76 Å². The van der Waals surface area contributed by atoms with Gasteiger partial charge in [-0.05, 0) is 68.0 Å². The van der Waals surface area contributed by atoms with Gasteiger partial charge in [0.2, 0.25) is 0 Å². The second kappa shape index (κ2) is 9.71. The SMILES string of the molecule is Cc1noc(-c2ccc(C3(C)COC4(CC(=O)O)CC4C3)cc2F)c1NC(=O)OC(C)c1ccc(Cl)cc1. The topological polar surface area (TPSA) is 111 Å². The zero-order valence-electron chi connectivity index (χ0n) is 21.2. The van der Waals surface area contributed by atoms with Crippen molar-refractivity contribution in [3.8, 4) is 11.3 Å². The Morgan fingerprint density at radius 1 is 1.26 bits per heavy atom. The van der Waals surface area contributed by atoms with Crippen LogP contribution in [-0.2, 0) is 19.7 Å². The van der Waals surface area contributed by atoms with Gasteiger partial charge in [-0.2, -0.15) is 0 Å². The molecule has 3 aromatic rings. The molecule has 0 spiro atoms. The molecule has 1 aromatic heterocycles. The Labute approximate surface area is 224 Å². The molecule has 1 amide bonds. The summed E-state index contributed by atoms with van der Waals surface area (Å²) in [5.41, 5.74) is 1.20. The molecule has 0 bridgehead atoms. The van der Waals surface area contributed by atoms with E-state index in [1.165, 1.54) is 6.07 Å². The van der Waals surface area contributed by atoms with E-state index in [1.54, 1.807) is 50.2 Å². The molecule has 1 aliphatic carbocycles. The van der Waals surface area contributed by atoms with Gasteiger partial charge in [0.25, 0.3) is 0 Å². The molecule has 38 heavy (non-hydrogen) atoms. The summed E-state index contributed by atoms with van der Waals surface area (Å²) in [5, 5.41) is 16.3. The van der Waals surface area contributed by atoms with Crippen LogP contribution in [0.1, 0.15) is 56.0 Å². The molecular weight excluding hydrogens is 515 g/mol. The van der Waals surface area contributed by atoms with Gasteiger partial charge in [-0.1, -0.05) is 41.9 Å². The Balaban J connectivity index is 1.31. The Hall–Kier alpha value is -3.43. The smallest absolute Gasteiger partial charge is 0.412 e. The fourth-order valence-electron chi connectivity index (χ4n) is 5.29. The molecule has 4 atom stereocenters. The number of anilines is 1. The average Bonchev–Trinajstić information content (AvgIpc) is 3.43. The molecule has 2 heterocycles. The van der Waals surface area contributed by atoms with Crippen LogP contribution in [0.2, 0.25) is 5.02 Å². The molecule has 10 heteroatoms. The van der Waals surface area contributed by atoms with E-state index < -0.39 is 35.0 Å². The third-order valence-corrected chi connectivity index (χ3v) is 7.88. The van der Waals surface area contributed by atoms with Crippen molar-refractivity contribution in [2.45, 2.75) is 57.2 Å². The molecule has 4 unspecified atom stereocenters. The molecule has 2 fully saturated rings. The number of fused-ring (bicyclic) bond motifs is 1. The molecule has 5 rings (SSSR count). The first-order chi connectivity index (χ1) is 18.0. The van der Waals surface area contributed by atoms with Crippen LogP contribution in [-0.4, -0.2) is 34.5 Å². The lowest BCUT2D eigenvalue weighted by atomic mass is 9.76.